The Labute approximate surface area is 85.5 Å². The van der Waals surface area contributed by atoms with Gasteiger partial charge in [0, 0.05) is 5.41 Å². The summed E-state index contributed by atoms with van der Waals surface area (Å²) < 4.78 is 39.1. The Morgan fingerprint density at radius 3 is 2.27 bits per heavy atom. The lowest BCUT2D eigenvalue weighted by molar-refractivity contribution is 0.115. The van der Waals surface area contributed by atoms with Crippen LogP contribution < -0.4 is 0 Å². The molecule has 1 nitrogen and oxygen atoms in total. The lowest BCUT2D eigenvalue weighted by Crippen LogP contribution is -2.39. The monoisotopic (exact) mass is 216 g/mol. The highest BCUT2D eigenvalue weighted by atomic mass is 19.2. The first-order chi connectivity index (χ1) is 7.10. The highest BCUT2D eigenvalue weighted by Crippen LogP contribution is 2.44. The van der Waals surface area contributed by atoms with Crippen molar-refractivity contribution in [1.82, 2.24) is 0 Å². The van der Waals surface area contributed by atoms with Crippen molar-refractivity contribution in [2.45, 2.75) is 24.7 Å². The molecule has 1 fully saturated rings. The topological polar surface area (TPSA) is 20.2 Å². The average molecular weight is 216 g/mol. The van der Waals surface area contributed by atoms with Crippen LogP contribution in [0.1, 0.15) is 24.8 Å². The van der Waals surface area contributed by atoms with Crippen LogP contribution in [0.15, 0.2) is 12.1 Å². The van der Waals surface area contributed by atoms with E-state index in [4.69, 9.17) is 0 Å². The summed E-state index contributed by atoms with van der Waals surface area (Å²) in [5.74, 6) is -3.81. The Kier molecular flexibility index (Phi) is 2.46. The Balaban J connectivity index is 2.49. The van der Waals surface area contributed by atoms with Crippen LogP contribution in [0.3, 0.4) is 0 Å². The molecule has 1 saturated carbocycles. The molecule has 0 atom stereocenters. The van der Waals surface area contributed by atoms with Crippen LogP contribution >= 0.6 is 0 Å². The second kappa shape index (κ2) is 3.52. The van der Waals surface area contributed by atoms with E-state index < -0.39 is 22.9 Å². The summed E-state index contributed by atoms with van der Waals surface area (Å²) in [5.41, 5.74) is -0.603. The number of hydrogen-bond donors (Lipinski definition) is 1. The molecule has 0 spiro atoms. The van der Waals surface area contributed by atoms with Gasteiger partial charge in [-0.15, -0.1) is 0 Å². The number of halogens is 3. The predicted octanol–water partition coefficient (Wildman–Crippen LogP) is 2.52. The summed E-state index contributed by atoms with van der Waals surface area (Å²) in [7, 11) is 0. The fraction of sp³-hybridized carbons (Fsp3) is 0.455. The van der Waals surface area contributed by atoms with Crippen LogP contribution in [0.25, 0.3) is 0 Å². The molecule has 0 amide bonds. The molecule has 0 unspecified atom stereocenters. The van der Waals surface area contributed by atoms with E-state index in [-0.39, 0.29) is 12.2 Å². The van der Waals surface area contributed by atoms with Gasteiger partial charge in [-0.25, -0.2) is 13.2 Å². The molecule has 0 bridgehead atoms. The summed E-state index contributed by atoms with van der Waals surface area (Å²) in [6.45, 7) is -0.227. The molecule has 0 aromatic heterocycles. The normalized spacial score (nSPS) is 18.7. The molecule has 1 aromatic rings. The van der Waals surface area contributed by atoms with Gasteiger partial charge in [0.2, 0.25) is 0 Å². The largest absolute Gasteiger partial charge is 0.395 e. The first kappa shape index (κ1) is 10.5. The smallest absolute Gasteiger partial charge is 0.194 e. The van der Waals surface area contributed by atoms with Gasteiger partial charge >= 0.3 is 0 Å². The number of aliphatic hydroxyl groups excluding tert-OH is 1. The van der Waals surface area contributed by atoms with E-state index >= 15 is 0 Å². The van der Waals surface area contributed by atoms with Crippen LogP contribution in [0.5, 0.6) is 0 Å². The maximum absolute atomic E-state index is 13.4. The van der Waals surface area contributed by atoms with Crippen LogP contribution in [-0.2, 0) is 5.41 Å². The van der Waals surface area contributed by atoms with E-state index in [0.29, 0.717) is 12.8 Å². The summed E-state index contributed by atoms with van der Waals surface area (Å²) in [6, 6.07) is 2.13. The van der Waals surface area contributed by atoms with Crippen LogP contribution in [-0.4, -0.2) is 11.7 Å². The molecule has 15 heavy (non-hydrogen) atoms. The van der Waals surface area contributed by atoms with Gasteiger partial charge in [0.15, 0.2) is 17.5 Å². The van der Waals surface area contributed by atoms with Crippen molar-refractivity contribution in [2.24, 2.45) is 0 Å². The molecular weight excluding hydrogens is 205 g/mol. The van der Waals surface area contributed by atoms with E-state index in [1.54, 1.807) is 0 Å². The average Bonchev–Trinajstić information content (AvgIpc) is 2.17. The Morgan fingerprint density at radius 2 is 1.80 bits per heavy atom. The number of rotatable bonds is 2. The molecule has 0 saturated heterocycles. The van der Waals surface area contributed by atoms with Crippen molar-refractivity contribution < 1.29 is 18.3 Å². The van der Waals surface area contributed by atoms with Gasteiger partial charge in [-0.05, 0) is 24.5 Å². The van der Waals surface area contributed by atoms with Crippen LogP contribution in [0.2, 0.25) is 0 Å². The quantitative estimate of drug-likeness (QED) is 0.753. The summed E-state index contributed by atoms with van der Waals surface area (Å²) in [6.07, 6.45) is 2.11. The molecule has 2 rings (SSSR count). The first-order valence-electron chi connectivity index (χ1n) is 4.85. The fourth-order valence-electron chi connectivity index (χ4n) is 2.05. The number of hydrogen-bond acceptors (Lipinski definition) is 1. The summed E-state index contributed by atoms with van der Waals surface area (Å²) in [4.78, 5) is 0. The van der Waals surface area contributed by atoms with E-state index in [2.05, 4.69) is 0 Å². The molecule has 1 aliphatic carbocycles. The third-order valence-electron chi connectivity index (χ3n) is 3.22. The first-order valence-corrected chi connectivity index (χ1v) is 4.85. The minimum atomic E-state index is -1.45. The zero-order chi connectivity index (χ0) is 11.1. The maximum Gasteiger partial charge on any atom is 0.194 e. The number of benzene rings is 1. The Morgan fingerprint density at radius 1 is 1.13 bits per heavy atom. The minimum absolute atomic E-state index is 0.0927. The highest BCUT2D eigenvalue weighted by Gasteiger charge is 2.41. The standard InChI is InChI=1S/C11H11F3O/c12-8-3-2-7(9(13)10(8)14)11(6-15)4-1-5-11/h2-3,15H,1,4-6H2. The maximum atomic E-state index is 13.4. The van der Waals surface area contributed by atoms with Crippen LogP contribution in [0, 0.1) is 17.5 Å². The van der Waals surface area contributed by atoms with Gasteiger partial charge in [0.1, 0.15) is 0 Å². The minimum Gasteiger partial charge on any atom is -0.395 e. The molecule has 0 aliphatic heterocycles. The SMILES string of the molecule is OCC1(c2ccc(F)c(F)c2F)CCC1. The number of aliphatic hydroxyl groups is 1. The lowest BCUT2D eigenvalue weighted by atomic mass is 9.65. The molecule has 1 N–H and O–H groups in total. The third-order valence-corrected chi connectivity index (χ3v) is 3.22. The molecule has 1 aromatic carbocycles. The Bertz CT molecular complexity index is 380. The van der Waals surface area contributed by atoms with Crippen LogP contribution in [0.4, 0.5) is 13.2 Å². The molecule has 0 radical (unpaired) electrons. The zero-order valence-electron chi connectivity index (χ0n) is 8.06. The van der Waals surface area contributed by atoms with Gasteiger partial charge in [0.25, 0.3) is 0 Å². The highest BCUT2D eigenvalue weighted by molar-refractivity contribution is 5.31. The zero-order valence-corrected chi connectivity index (χ0v) is 8.06. The molecule has 0 heterocycles. The van der Waals surface area contributed by atoms with E-state index in [0.717, 1.165) is 12.5 Å². The van der Waals surface area contributed by atoms with Crippen molar-refractivity contribution in [1.29, 1.82) is 0 Å². The lowest BCUT2D eigenvalue weighted by Gasteiger charge is -2.40. The molecule has 82 valence electrons. The van der Waals surface area contributed by atoms with E-state index in [1.807, 2.05) is 0 Å². The second-order valence-electron chi connectivity index (χ2n) is 4.01. The van der Waals surface area contributed by atoms with Gasteiger partial charge < -0.3 is 5.11 Å². The van der Waals surface area contributed by atoms with Gasteiger partial charge in [-0.1, -0.05) is 12.5 Å². The van der Waals surface area contributed by atoms with Crippen molar-refractivity contribution in [3.8, 4) is 0 Å². The van der Waals surface area contributed by atoms with E-state index in [9.17, 15) is 18.3 Å². The molecule has 1 aliphatic rings. The van der Waals surface area contributed by atoms with Gasteiger partial charge in [-0.2, -0.15) is 0 Å². The van der Waals surface area contributed by atoms with Gasteiger partial charge in [0.05, 0.1) is 6.61 Å². The molecule has 4 heteroatoms. The Hall–Kier alpha value is -1.03. The second-order valence-corrected chi connectivity index (χ2v) is 4.01. The summed E-state index contributed by atoms with van der Waals surface area (Å²) >= 11 is 0. The van der Waals surface area contributed by atoms with Crippen molar-refractivity contribution in [3.05, 3.63) is 35.1 Å². The van der Waals surface area contributed by atoms with Crippen molar-refractivity contribution >= 4 is 0 Å². The fourth-order valence-corrected chi connectivity index (χ4v) is 2.05. The van der Waals surface area contributed by atoms with E-state index in [1.165, 1.54) is 6.07 Å². The van der Waals surface area contributed by atoms with Crippen molar-refractivity contribution in [3.63, 3.8) is 0 Å². The van der Waals surface area contributed by atoms with Gasteiger partial charge in [-0.3, -0.25) is 0 Å². The predicted molar refractivity (Wildman–Crippen MR) is 48.9 cm³/mol. The third kappa shape index (κ3) is 1.44. The molecular formula is C11H11F3O. The van der Waals surface area contributed by atoms with Crippen molar-refractivity contribution in [2.75, 3.05) is 6.61 Å². The summed E-state index contributed by atoms with van der Waals surface area (Å²) in [5, 5.41) is 9.19.